The highest BCUT2D eigenvalue weighted by Crippen LogP contribution is 2.19. The van der Waals surface area contributed by atoms with Crippen molar-refractivity contribution in [2.45, 2.75) is 26.7 Å². The van der Waals surface area contributed by atoms with Gasteiger partial charge >= 0.3 is 0 Å². The van der Waals surface area contributed by atoms with Gasteiger partial charge in [0.15, 0.2) is 0 Å². The summed E-state index contributed by atoms with van der Waals surface area (Å²) < 4.78 is 0. The van der Waals surface area contributed by atoms with E-state index < -0.39 is 0 Å². The average molecular weight is 192 g/mol. The second-order valence-corrected chi connectivity index (χ2v) is 3.71. The molecule has 0 fully saturated rings. The van der Waals surface area contributed by atoms with Crippen LogP contribution in [0.2, 0.25) is 0 Å². The van der Waals surface area contributed by atoms with Gasteiger partial charge in [-0.1, -0.05) is 26.0 Å². The third-order valence-electron chi connectivity index (χ3n) is 2.29. The van der Waals surface area contributed by atoms with Crippen LogP contribution in [-0.2, 0) is 0 Å². The number of benzene rings is 1. The van der Waals surface area contributed by atoms with Gasteiger partial charge < -0.3 is 0 Å². The number of nitrogens with one attached hydrogen (secondary N) is 2. The number of aryl methyl sites for hydroxylation is 1. The number of hydroxylamine groups is 1. The minimum absolute atomic E-state index is 0.0309. The molecule has 0 aliphatic carbocycles. The molecule has 0 bridgehead atoms. The molecule has 76 valence electrons. The molecule has 0 amide bonds. The van der Waals surface area contributed by atoms with E-state index in [2.05, 4.69) is 13.8 Å². The van der Waals surface area contributed by atoms with Crippen molar-refractivity contribution in [2.24, 2.45) is 0 Å². The van der Waals surface area contributed by atoms with Gasteiger partial charge in [-0.3, -0.25) is 16.1 Å². The molecule has 0 unspecified atom stereocenters. The van der Waals surface area contributed by atoms with E-state index in [1.54, 1.807) is 0 Å². The monoisotopic (exact) mass is 192 g/mol. The molecule has 3 N–H and O–H groups in total. The van der Waals surface area contributed by atoms with E-state index in [-0.39, 0.29) is 5.84 Å². The summed E-state index contributed by atoms with van der Waals surface area (Å²) in [5.41, 5.74) is 4.97. The molecule has 14 heavy (non-hydrogen) atoms. The smallest absolute Gasteiger partial charge is 0.149 e. The zero-order valence-electron chi connectivity index (χ0n) is 8.76. The first-order valence-corrected chi connectivity index (χ1v) is 4.66. The van der Waals surface area contributed by atoms with E-state index >= 15 is 0 Å². The van der Waals surface area contributed by atoms with Crippen molar-refractivity contribution >= 4 is 5.84 Å². The summed E-state index contributed by atoms with van der Waals surface area (Å²) in [7, 11) is 0. The lowest BCUT2D eigenvalue weighted by molar-refractivity contribution is 0.234. The van der Waals surface area contributed by atoms with Crippen molar-refractivity contribution in [3.8, 4) is 0 Å². The van der Waals surface area contributed by atoms with Crippen LogP contribution in [0.25, 0.3) is 0 Å². The molecule has 3 heteroatoms. The summed E-state index contributed by atoms with van der Waals surface area (Å²) in [5, 5.41) is 16.0. The Labute approximate surface area is 84.2 Å². The van der Waals surface area contributed by atoms with Gasteiger partial charge in [0.05, 0.1) is 0 Å². The molecule has 1 aromatic carbocycles. The summed E-state index contributed by atoms with van der Waals surface area (Å²) in [6.07, 6.45) is 0. The van der Waals surface area contributed by atoms with E-state index in [0.29, 0.717) is 11.5 Å². The van der Waals surface area contributed by atoms with E-state index in [1.807, 2.05) is 30.6 Å². The Morgan fingerprint density at radius 2 is 2.07 bits per heavy atom. The highest BCUT2D eigenvalue weighted by Gasteiger charge is 2.06. The maximum atomic E-state index is 8.58. The Morgan fingerprint density at radius 1 is 1.43 bits per heavy atom. The normalized spacial score (nSPS) is 10.4. The highest BCUT2D eigenvalue weighted by atomic mass is 16.5. The fraction of sp³-hybridized carbons (Fsp3) is 0.364. The Hall–Kier alpha value is -1.35. The molecular formula is C11H16N2O. The van der Waals surface area contributed by atoms with E-state index in [9.17, 15) is 0 Å². The van der Waals surface area contributed by atoms with Crippen molar-refractivity contribution < 1.29 is 5.21 Å². The van der Waals surface area contributed by atoms with Gasteiger partial charge in [-0.2, -0.15) is 0 Å². The fourth-order valence-corrected chi connectivity index (χ4v) is 1.54. The lowest BCUT2D eigenvalue weighted by Gasteiger charge is -2.11. The van der Waals surface area contributed by atoms with Crippen molar-refractivity contribution in [3.05, 3.63) is 34.9 Å². The van der Waals surface area contributed by atoms with E-state index in [1.165, 1.54) is 5.56 Å². The zero-order valence-corrected chi connectivity index (χ0v) is 8.76. The molecule has 0 aliphatic heterocycles. The van der Waals surface area contributed by atoms with Gasteiger partial charge in [-0.15, -0.1) is 0 Å². The van der Waals surface area contributed by atoms with Crippen LogP contribution < -0.4 is 5.48 Å². The molecule has 1 aromatic rings. The van der Waals surface area contributed by atoms with E-state index in [4.69, 9.17) is 10.6 Å². The second kappa shape index (κ2) is 4.24. The third-order valence-corrected chi connectivity index (χ3v) is 2.29. The van der Waals surface area contributed by atoms with E-state index in [0.717, 1.165) is 5.56 Å². The van der Waals surface area contributed by atoms with Gasteiger partial charge in [-0.05, 0) is 30.0 Å². The minimum Gasteiger partial charge on any atom is -0.290 e. The summed E-state index contributed by atoms with van der Waals surface area (Å²) in [4.78, 5) is 0. The lowest BCUT2D eigenvalue weighted by atomic mass is 9.96. The first kappa shape index (κ1) is 10.7. The SMILES string of the molecule is Cc1cc(C(=N)NO)ccc1C(C)C. The number of rotatable bonds is 2. The standard InChI is InChI=1S/C11H16N2O/c1-7(2)10-5-4-9(6-8(10)3)11(12)13-14/h4-7,14H,1-3H3,(H2,12,13). The van der Waals surface area contributed by atoms with Gasteiger partial charge in [0.1, 0.15) is 5.84 Å². The van der Waals surface area contributed by atoms with Crippen molar-refractivity contribution in [3.63, 3.8) is 0 Å². The van der Waals surface area contributed by atoms with Crippen LogP contribution in [-0.4, -0.2) is 11.0 Å². The third kappa shape index (κ3) is 2.12. The van der Waals surface area contributed by atoms with Gasteiger partial charge in [0, 0.05) is 5.56 Å². The van der Waals surface area contributed by atoms with Crippen molar-refractivity contribution in [1.82, 2.24) is 5.48 Å². The molecule has 0 saturated heterocycles. The van der Waals surface area contributed by atoms with Gasteiger partial charge in [0.25, 0.3) is 0 Å². The summed E-state index contributed by atoms with van der Waals surface area (Å²) >= 11 is 0. The number of hydrogen-bond acceptors (Lipinski definition) is 2. The molecule has 0 radical (unpaired) electrons. The quantitative estimate of drug-likeness (QED) is 0.383. The van der Waals surface area contributed by atoms with Crippen LogP contribution in [0.4, 0.5) is 0 Å². The number of amidine groups is 1. The molecule has 0 aromatic heterocycles. The van der Waals surface area contributed by atoms with Crippen LogP contribution in [0.1, 0.15) is 36.5 Å². The largest absolute Gasteiger partial charge is 0.290 e. The highest BCUT2D eigenvalue weighted by molar-refractivity contribution is 5.95. The van der Waals surface area contributed by atoms with Crippen LogP contribution >= 0.6 is 0 Å². The second-order valence-electron chi connectivity index (χ2n) is 3.71. The van der Waals surface area contributed by atoms with Crippen LogP contribution in [0.15, 0.2) is 18.2 Å². The van der Waals surface area contributed by atoms with Crippen molar-refractivity contribution in [2.75, 3.05) is 0 Å². The Balaban J connectivity index is 3.06. The summed E-state index contributed by atoms with van der Waals surface area (Å²) in [6, 6.07) is 5.75. The maximum Gasteiger partial charge on any atom is 0.149 e. The molecule has 0 atom stereocenters. The maximum absolute atomic E-state index is 8.58. The van der Waals surface area contributed by atoms with Gasteiger partial charge in [0.2, 0.25) is 0 Å². The lowest BCUT2D eigenvalue weighted by Crippen LogP contribution is -2.18. The minimum atomic E-state index is 0.0309. The fourth-order valence-electron chi connectivity index (χ4n) is 1.54. The first-order valence-electron chi connectivity index (χ1n) is 4.66. The van der Waals surface area contributed by atoms with Crippen LogP contribution in [0, 0.1) is 12.3 Å². The molecule has 0 aliphatic rings. The summed E-state index contributed by atoms with van der Waals surface area (Å²) in [5.74, 6) is 0.517. The Morgan fingerprint density at radius 3 is 2.50 bits per heavy atom. The molecule has 3 nitrogen and oxygen atoms in total. The van der Waals surface area contributed by atoms with Crippen LogP contribution in [0.5, 0.6) is 0 Å². The van der Waals surface area contributed by atoms with Gasteiger partial charge in [-0.25, -0.2) is 0 Å². The average Bonchev–Trinajstić information content (AvgIpc) is 2.15. The molecule has 1 rings (SSSR count). The Bertz CT molecular complexity index is 345. The van der Waals surface area contributed by atoms with Crippen molar-refractivity contribution in [1.29, 1.82) is 5.41 Å². The number of hydrogen-bond donors (Lipinski definition) is 3. The predicted molar refractivity (Wildman–Crippen MR) is 57.0 cm³/mol. The topological polar surface area (TPSA) is 56.1 Å². The molecule has 0 spiro atoms. The molecule has 0 saturated carbocycles. The summed E-state index contributed by atoms with van der Waals surface area (Å²) in [6.45, 7) is 6.29. The zero-order chi connectivity index (χ0) is 10.7. The molecular weight excluding hydrogens is 176 g/mol. The molecule has 0 heterocycles. The Kier molecular flexibility index (Phi) is 3.25. The first-order chi connectivity index (χ1) is 6.56. The van der Waals surface area contributed by atoms with Crippen LogP contribution in [0.3, 0.4) is 0 Å². The predicted octanol–water partition coefficient (Wildman–Crippen LogP) is 2.42.